The molecule has 1 unspecified atom stereocenters. The Balaban J connectivity index is 0.00000576. The molecule has 25 heavy (non-hydrogen) atoms. The molecule has 0 fully saturated rings. The third kappa shape index (κ3) is 7.16. The van der Waals surface area contributed by atoms with Gasteiger partial charge in [0.15, 0.2) is 0 Å². The van der Waals surface area contributed by atoms with E-state index in [4.69, 9.17) is 0 Å². The molecular weight excluding hydrogens is 431 g/mol. The first-order valence-electron chi connectivity index (χ1n) is 5.45. The normalized spacial score (nSPS) is 14.4. The monoisotopic (exact) mass is 438 g/mol. The fourth-order valence-corrected chi connectivity index (χ4v) is 3.84. The second kappa shape index (κ2) is 9.16. The molecule has 1 aromatic carbocycles. The Bertz CT molecular complexity index is 830. The minimum Gasteiger partial charge on any atom is -0.432 e. The zero-order chi connectivity index (χ0) is 18.8. The molecule has 0 radical (unpaired) electrons. The molecule has 0 aliphatic heterocycles. The number of hydrogen-bond donors (Lipinski definition) is 0. The van der Waals surface area contributed by atoms with Crippen LogP contribution in [0.4, 0.5) is 26.3 Å². The summed E-state index contributed by atoms with van der Waals surface area (Å²) in [5.74, 6) is -0.262. The average Bonchev–Trinajstić information content (AvgIpc) is 2.35. The molecule has 136 valence electrons. The van der Waals surface area contributed by atoms with Gasteiger partial charge in [-0.3, -0.25) is 0 Å². The van der Waals surface area contributed by atoms with Crippen molar-refractivity contribution in [1.82, 2.24) is 0 Å². The van der Waals surface area contributed by atoms with Crippen molar-refractivity contribution in [2.45, 2.75) is 17.0 Å². The van der Waals surface area contributed by atoms with Crippen LogP contribution >= 0.6 is 0 Å². The van der Waals surface area contributed by atoms with Crippen LogP contribution in [0.15, 0.2) is 45.5 Å². The summed E-state index contributed by atoms with van der Waals surface area (Å²) in [5.41, 5.74) is -5.99. The molecule has 0 heterocycles. The summed E-state index contributed by atoms with van der Waals surface area (Å²) in [6, 6.07) is 1.62. The molecule has 0 amide bonds. The molecule has 1 atom stereocenters. The standard InChI is InChI=1S/C10H7F6NO5S2.K/c1-6(11)21-7-2-4-8(5-3-7)23(18,19)17-24(20,10(14,15)16)22-9(12)13;/h2-5,9H,1H2;/q;+1. The molecule has 0 spiro atoms. The topological polar surface area (TPSA) is 82.0 Å². The van der Waals surface area contributed by atoms with E-state index in [0.29, 0.717) is 12.1 Å². The van der Waals surface area contributed by atoms with Crippen molar-refractivity contribution in [3.05, 3.63) is 36.9 Å². The van der Waals surface area contributed by atoms with Gasteiger partial charge in [-0.2, -0.15) is 34.8 Å². The van der Waals surface area contributed by atoms with Crippen LogP contribution in [0, 0.1) is 0 Å². The molecule has 0 bridgehead atoms. The van der Waals surface area contributed by atoms with Crippen LogP contribution in [0.25, 0.3) is 0 Å². The van der Waals surface area contributed by atoms with E-state index in [0.717, 1.165) is 12.1 Å². The third-order valence-corrected chi connectivity index (χ3v) is 5.47. The minimum atomic E-state index is -6.26. The van der Waals surface area contributed by atoms with Crippen LogP contribution < -0.4 is 56.1 Å². The molecule has 15 heteroatoms. The van der Waals surface area contributed by atoms with Crippen molar-refractivity contribution >= 4 is 20.0 Å². The van der Waals surface area contributed by atoms with Crippen molar-refractivity contribution in [2.24, 2.45) is 3.77 Å². The smallest absolute Gasteiger partial charge is 0.432 e. The first-order chi connectivity index (χ1) is 10.8. The number of sulfonamides is 1. The zero-order valence-corrected chi connectivity index (χ0v) is 16.9. The second-order valence-corrected chi connectivity index (χ2v) is 7.38. The van der Waals surface area contributed by atoms with Gasteiger partial charge in [0.1, 0.15) is 5.75 Å². The van der Waals surface area contributed by atoms with Crippen LogP contribution in [-0.2, 0) is 24.2 Å². The summed E-state index contributed by atoms with van der Waals surface area (Å²) in [4.78, 5) is -0.950. The van der Waals surface area contributed by atoms with E-state index in [1.807, 2.05) is 3.77 Å². The summed E-state index contributed by atoms with van der Waals surface area (Å²) in [7, 11) is -11.6. The van der Waals surface area contributed by atoms with Gasteiger partial charge in [-0.15, -0.1) is 0 Å². The van der Waals surface area contributed by atoms with Gasteiger partial charge < -0.3 is 4.74 Å². The van der Waals surface area contributed by atoms with Crippen LogP contribution in [0.3, 0.4) is 0 Å². The summed E-state index contributed by atoms with van der Waals surface area (Å²) in [6.45, 7) is -1.44. The van der Waals surface area contributed by atoms with E-state index in [9.17, 15) is 39.0 Å². The first kappa shape index (κ1) is 24.8. The number of halogens is 6. The van der Waals surface area contributed by atoms with Crippen LogP contribution in [0.2, 0.25) is 0 Å². The van der Waals surface area contributed by atoms with Crippen molar-refractivity contribution < 1.29 is 99.3 Å². The fraction of sp³-hybridized carbons (Fsp3) is 0.200. The number of benzene rings is 1. The zero-order valence-electron chi connectivity index (χ0n) is 12.2. The first-order valence-corrected chi connectivity index (χ1v) is 8.33. The van der Waals surface area contributed by atoms with Crippen molar-refractivity contribution in [3.63, 3.8) is 0 Å². The summed E-state index contributed by atoms with van der Waals surface area (Å²) in [6.07, 6.45) is 0. The summed E-state index contributed by atoms with van der Waals surface area (Å²) in [5, 5.41) is 0. The predicted molar refractivity (Wildman–Crippen MR) is 68.2 cm³/mol. The van der Waals surface area contributed by atoms with Crippen molar-refractivity contribution in [2.75, 3.05) is 0 Å². The maximum Gasteiger partial charge on any atom is 1.00 e. The van der Waals surface area contributed by atoms with Gasteiger partial charge in [0.25, 0.3) is 26.0 Å². The molecule has 0 saturated carbocycles. The van der Waals surface area contributed by atoms with Gasteiger partial charge in [-0.1, -0.05) is 3.77 Å². The van der Waals surface area contributed by atoms with Crippen molar-refractivity contribution in [3.8, 4) is 5.75 Å². The molecule has 1 aromatic rings. The van der Waals surface area contributed by atoms with Gasteiger partial charge in [0.05, 0.1) is 4.90 Å². The third-order valence-electron chi connectivity index (χ3n) is 2.04. The van der Waals surface area contributed by atoms with E-state index >= 15 is 0 Å². The number of hydrogen-bond acceptors (Lipinski definition) is 5. The van der Waals surface area contributed by atoms with Crippen LogP contribution in [0.1, 0.15) is 0 Å². The number of ether oxygens (including phenoxy) is 1. The van der Waals surface area contributed by atoms with Crippen LogP contribution in [-0.4, -0.2) is 24.7 Å². The van der Waals surface area contributed by atoms with Gasteiger partial charge in [0.2, 0.25) is 0 Å². The molecule has 1 rings (SSSR count). The van der Waals surface area contributed by atoms with E-state index in [-0.39, 0.29) is 57.1 Å². The average molecular weight is 438 g/mol. The largest absolute Gasteiger partial charge is 1.00 e. The molecular formula is C10H7F6KNO5S2+. The van der Waals surface area contributed by atoms with Gasteiger partial charge in [-0.25, -0.2) is 8.39 Å². The van der Waals surface area contributed by atoms with Crippen molar-refractivity contribution in [1.29, 1.82) is 0 Å². The molecule has 0 aliphatic carbocycles. The Kier molecular flexibility index (Phi) is 9.10. The molecule has 0 aliphatic rings. The second-order valence-electron chi connectivity index (χ2n) is 3.76. The molecule has 0 aromatic heterocycles. The SMILES string of the molecule is C=C(F)Oc1ccc(S(=O)(=O)N=S(=O)(OC(F)F)C(F)(F)F)cc1.[K+]. The maximum atomic E-state index is 12.6. The number of rotatable bonds is 6. The summed E-state index contributed by atoms with van der Waals surface area (Å²) >= 11 is 0. The van der Waals surface area contributed by atoms with Gasteiger partial charge in [0, 0.05) is 0 Å². The fourth-order valence-electron chi connectivity index (χ4n) is 1.19. The summed E-state index contributed by atoms with van der Waals surface area (Å²) < 4.78 is 118. The Morgan fingerprint density at radius 2 is 1.60 bits per heavy atom. The van der Waals surface area contributed by atoms with E-state index in [1.54, 1.807) is 0 Å². The van der Waals surface area contributed by atoms with Crippen LogP contribution in [0.5, 0.6) is 5.75 Å². The number of nitrogens with zero attached hydrogens (tertiary/aromatic N) is 1. The van der Waals surface area contributed by atoms with Gasteiger partial charge >= 0.3 is 63.5 Å². The molecule has 6 nitrogen and oxygen atoms in total. The Hall–Kier alpha value is -0.164. The maximum absolute atomic E-state index is 12.6. The minimum absolute atomic E-state index is 0. The Labute approximate surface area is 181 Å². The van der Waals surface area contributed by atoms with E-state index < -0.39 is 43.1 Å². The quantitative estimate of drug-likeness (QED) is 0.364. The Morgan fingerprint density at radius 3 is 1.96 bits per heavy atom. The van der Waals surface area contributed by atoms with E-state index in [1.165, 1.54) is 0 Å². The van der Waals surface area contributed by atoms with E-state index in [2.05, 4.69) is 15.5 Å². The van der Waals surface area contributed by atoms with Gasteiger partial charge in [-0.05, 0) is 30.8 Å². The predicted octanol–water partition coefficient (Wildman–Crippen LogP) is 0.341. The molecule has 0 saturated heterocycles. The number of alkyl halides is 5. The molecule has 0 N–H and O–H groups in total. The Morgan fingerprint density at radius 1 is 1.12 bits per heavy atom.